The fourth-order valence-corrected chi connectivity index (χ4v) is 4.03. The highest BCUT2D eigenvalue weighted by molar-refractivity contribution is 6.04. The minimum atomic E-state index is -1.07. The lowest BCUT2D eigenvalue weighted by molar-refractivity contribution is -0.384. The molecule has 2 aliphatic heterocycles. The van der Waals surface area contributed by atoms with Crippen LogP contribution in [0.15, 0.2) is 23.0 Å². The number of carbonyl (C=O) groups is 2. The number of non-ortho nitro benzene ring substituents is 1. The number of hydrogen-bond donors (Lipinski definition) is 3. The number of anilines is 3. The molecule has 1 fully saturated rings. The number of aromatic amines is 1. The molecule has 168 valence electrons. The maximum absolute atomic E-state index is 13.0. The molecule has 0 spiro atoms. The minimum absolute atomic E-state index is 0.0783. The molecular formula is C21H24N6O5. The molecule has 0 bridgehead atoms. The monoisotopic (exact) mass is 440 g/mol. The Morgan fingerprint density at radius 1 is 1.28 bits per heavy atom. The van der Waals surface area contributed by atoms with Crippen molar-refractivity contribution in [2.45, 2.75) is 39.0 Å². The quantitative estimate of drug-likeness (QED) is 0.487. The molecular weight excluding hydrogens is 416 g/mol. The van der Waals surface area contributed by atoms with E-state index in [4.69, 9.17) is 0 Å². The van der Waals surface area contributed by atoms with Crippen LogP contribution in [0.5, 0.6) is 0 Å². The molecule has 1 aromatic carbocycles. The first kappa shape index (κ1) is 21.5. The summed E-state index contributed by atoms with van der Waals surface area (Å²) >= 11 is 0. The van der Waals surface area contributed by atoms with E-state index in [0.29, 0.717) is 17.4 Å². The summed E-state index contributed by atoms with van der Waals surface area (Å²) < 4.78 is 0. The summed E-state index contributed by atoms with van der Waals surface area (Å²) in [7, 11) is 0. The Balaban J connectivity index is 1.64. The molecule has 1 aromatic heterocycles. The van der Waals surface area contributed by atoms with Crippen LogP contribution in [0.2, 0.25) is 0 Å². The van der Waals surface area contributed by atoms with E-state index in [1.54, 1.807) is 6.92 Å². The number of nitrogens with zero attached hydrogens (tertiary/aromatic N) is 3. The van der Waals surface area contributed by atoms with Gasteiger partial charge >= 0.3 is 0 Å². The molecule has 11 heteroatoms. The van der Waals surface area contributed by atoms with Crippen molar-refractivity contribution in [2.75, 3.05) is 28.6 Å². The summed E-state index contributed by atoms with van der Waals surface area (Å²) in [6.07, 6.45) is 1.72. The molecule has 11 nitrogen and oxygen atoms in total. The normalized spacial score (nSPS) is 18.6. The molecule has 2 aliphatic rings. The van der Waals surface area contributed by atoms with Gasteiger partial charge in [0, 0.05) is 31.6 Å². The smallest absolute Gasteiger partial charge is 0.271 e. The fraction of sp³-hybridized carbons (Fsp3) is 0.429. The molecule has 0 aliphatic carbocycles. The van der Waals surface area contributed by atoms with E-state index in [2.05, 4.69) is 27.5 Å². The minimum Gasteiger partial charge on any atom is -0.342 e. The van der Waals surface area contributed by atoms with Crippen LogP contribution in [0.4, 0.5) is 23.1 Å². The number of rotatable bonds is 4. The summed E-state index contributed by atoms with van der Waals surface area (Å²) in [6, 6.07) is 4.11. The molecule has 32 heavy (non-hydrogen) atoms. The Hall–Kier alpha value is -3.76. The van der Waals surface area contributed by atoms with Crippen LogP contribution >= 0.6 is 0 Å². The lowest BCUT2D eigenvalue weighted by Gasteiger charge is -2.31. The summed E-state index contributed by atoms with van der Waals surface area (Å²) in [4.78, 5) is 57.9. The summed E-state index contributed by atoms with van der Waals surface area (Å²) in [6.45, 7) is 5.35. The number of hydrogen-bond acceptors (Lipinski definition) is 7. The first-order valence-corrected chi connectivity index (χ1v) is 10.5. The van der Waals surface area contributed by atoms with Crippen molar-refractivity contribution in [1.82, 2.24) is 9.97 Å². The van der Waals surface area contributed by atoms with E-state index >= 15 is 0 Å². The van der Waals surface area contributed by atoms with Gasteiger partial charge in [0.2, 0.25) is 17.8 Å². The Kier molecular flexibility index (Phi) is 5.64. The average molecular weight is 440 g/mol. The Labute approximate surface area is 183 Å². The van der Waals surface area contributed by atoms with Crippen LogP contribution in [0.3, 0.4) is 0 Å². The number of nitrogens with one attached hydrogen (secondary N) is 3. The second-order valence-electron chi connectivity index (χ2n) is 8.37. The van der Waals surface area contributed by atoms with Gasteiger partial charge in [-0.3, -0.25) is 29.5 Å². The summed E-state index contributed by atoms with van der Waals surface area (Å²) in [5.74, 6) is -1.04. The van der Waals surface area contributed by atoms with E-state index in [9.17, 15) is 24.5 Å². The largest absolute Gasteiger partial charge is 0.342 e. The molecule has 2 aromatic rings. The van der Waals surface area contributed by atoms with Crippen LogP contribution in [0.1, 0.15) is 43.2 Å². The van der Waals surface area contributed by atoms with Crippen molar-refractivity contribution >= 4 is 35.0 Å². The maximum atomic E-state index is 13.0. The molecule has 1 unspecified atom stereocenters. The summed E-state index contributed by atoms with van der Waals surface area (Å²) in [5, 5.41) is 16.3. The van der Waals surface area contributed by atoms with Crippen molar-refractivity contribution in [1.29, 1.82) is 0 Å². The van der Waals surface area contributed by atoms with Crippen molar-refractivity contribution < 1.29 is 14.5 Å². The Morgan fingerprint density at radius 3 is 2.69 bits per heavy atom. The van der Waals surface area contributed by atoms with Crippen molar-refractivity contribution in [2.24, 2.45) is 5.92 Å². The molecule has 3 N–H and O–H groups in total. The maximum Gasteiger partial charge on any atom is 0.271 e. The Bertz CT molecular complexity index is 1150. The number of H-pyrrole nitrogens is 1. The topological polar surface area (TPSA) is 150 Å². The second kappa shape index (κ2) is 8.40. The third-order valence-electron chi connectivity index (χ3n) is 6.03. The highest BCUT2D eigenvalue weighted by atomic mass is 16.6. The van der Waals surface area contributed by atoms with E-state index in [1.165, 1.54) is 18.2 Å². The molecule has 3 heterocycles. The van der Waals surface area contributed by atoms with Gasteiger partial charge in [0.1, 0.15) is 5.82 Å². The van der Waals surface area contributed by atoms with Gasteiger partial charge in [0.25, 0.3) is 11.2 Å². The van der Waals surface area contributed by atoms with Gasteiger partial charge < -0.3 is 15.5 Å². The zero-order valence-electron chi connectivity index (χ0n) is 17.8. The SMILES string of the molecule is Cc1ccc([N+](=O)[O-])cc1NC(=O)C1CC(=O)Nc2nc(N3CCC(C)CC3)[nH]c(=O)c21. The standard InChI is InChI=1S/C21H24N6O5/c1-11-5-7-26(8-6-11)21-24-18-17(20(30)25-21)14(10-16(28)23-18)19(29)22-15-9-13(27(31)32)4-3-12(15)2/h3-4,9,11,14H,5-8,10H2,1-2H3,(H,22,29)(H2,23,24,25,28,30). The predicted molar refractivity (Wildman–Crippen MR) is 118 cm³/mol. The number of nitro groups is 1. The van der Waals surface area contributed by atoms with Crippen molar-refractivity contribution in [3.63, 3.8) is 0 Å². The van der Waals surface area contributed by atoms with Gasteiger partial charge in [0.05, 0.1) is 22.1 Å². The number of nitro benzene ring substituents is 1. The zero-order chi connectivity index (χ0) is 23.0. The number of benzene rings is 1. The van der Waals surface area contributed by atoms with E-state index in [0.717, 1.165) is 25.9 Å². The van der Waals surface area contributed by atoms with Gasteiger partial charge in [0.15, 0.2) is 0 Å². The van der Waals surface area contributed by atoms with Crippen molar-refractivity contribution in [3.05, 3.63) is 49.8 Å². The number of aryl methyl sites for hydroxylation is 1. The molecule has 0 radical (unpaired) electrons. The van der Waals surface area contributed by atoms with Gasteiger partial charge in [-0.2, -0.15) is 4.98 Å². The van der Waals surface area contributed by atoms with Crippen molar-refractivity contribution in [3.8, 4) is 0 Å². The van der Waals surface area contributed by atoms with Gasteiger partial charge in [-0.25, -0.2) is 0 Å². The van der Waals surface area contributed by atoms with Gasteiger partial charge in [-0.05, 0) is 31.2 Å². The van der Waals surface area contributed by atoms with E-state index < -0.39 is 28.2 Å². The highest BCUT2D eigenvalue weighted by Gasteiger charge is 2.35. The number of carbonyl (C=O) groups excluding carboxylic acids is 2. The number of amides is 2. The van der Waals surface area contributed by atoms with Crippen LogP contribution in [-0.2, 0) is 9.59 Å². The Morgan fingerprint density at radius 2 is 2.00 bits per heavy atom. The number of piperidine rings is 1. The third kappa shape index (κ3) is 4.18. The predicted octanol–water partition coefficient (Wildman–Crippen LogP) is 2.29. The molecule has 2 amide bonds. The fourth-order valence-electron chi connectivity index (χ4n) is 4.03. The van der Waals surface area contributed by atoms with E-state index in [1.807, 2.05) is 4.90 Å². The lowest BCUT2D eigenvalue weighted by atomic mass is 9.92. The molecule has 0 saturated carbocycles. The lowest BCUT2D eigenvalue weighted by Crippen LogP contribution is -2.39. The molecule has 1 atom stereocenters. The number of fused-ring (bicyclic) bond motifs is 1. The molecule has 4 rings (SSSR count). The van der Waals surface area contributed by atoms with Crippen LogP contribution in [0.25, 0.3) is 0 Å². The molecule has 1 saturated heterocycles. The van der Waals surface area contributed by atoms with Gasteiger partial charge in [-0.15, -0.1) is 0 Å². The van der Waals surface area contributed by atoms with E-state index in [-0.39, 0.29) is 29.2 Å². The average Bonchev–Trinajstić information content (AvgIpc) is 2.74. The second-order valence-corrected chi connectivity index (χ2v) is 8.37. The highest BCUT2D eigenvalue weighted by Crippen LogP contribution is 2.32. The van der Waals surface area contributed by atoms with Crippen LogP contribution in [0, 0.1) is 23.0 Å². The zero-order valence-corrected chi connectivity index (χ0v) is 17.8. The van der Waals surface area contributed by atoms with Gasteiger partial charge in [-0.1, -0.05) is 13.0 Å². The first-order chi connectivity index (χ1) is 15.2. The number of aromatic nitrogens is 2. The first-order valence-electron chi connectivity index (χ1n) is 10.5. The summed E-state index contributed by atoms with van der Waals surface area (Å²) in [5.41, 5.74) is 0.290. The van der Waals surface area contributed by atoms with Crippen LogP contribution < -0.4 is 21.1 Å². The van der Waals surface area contributed by atoms with Crippen LogP contribution in [-0.4, -0.2) is 39.8 Å². The third-order valence-corrected chi connectivity index (χ3v) is 6.03.